The Hall–Kier alpha value is 0.580. The van der Waals surface area contributed by atoms with Crippen molar-refractivity contribution in [3.05, 3.63) is 0 Å². The number of carboxylic acid groups (broad SMARTS) is 1. The predicted octanol–water partition coefficient (Wildman–Crippen LogP) is -4.45. The van der Waals surface area contributed by atoms with E-state index in [4.69, 9.17) is 10.00 Å². The Labute approximate surface area is 78.7 Å². The molecule has 0 bridgehead atoms. The van der Waals surface area contributed by atoms with E-state index in [2.05, 4.69) is 4.52 Å². The van der Waals surface area contributed by atoms with E-state index in [9.17, 15) is 14.3 Å². The molecule has 0 heterocycles. The normalized spacial score (nSPS) is 15.0. The van der Waals surface area contributed by atoms with Crippen LogP contribution in [-0.2, 0) is 13.9 Å². The quantitative estimate of drug-likeness (QED) is 0.333. The van der Waals surface area contributed by atoms with E-state index in [-0.39, 0.29) is 29.6 Å². The van der Waals surface area contributed by atoms with Crippen LogP contribution >= 0.6 is 7.82 Å². The molecule has 0 rings (SSSR count). The van der Waals surface area contributed by atoms with Crippen molar-refractivity contribution < 1.29 is 58.3 Å². The molecule has 2 N–H and O–H groups in total. The number of rotatable bonds is 3. The predicted molar refractivity (Wildman–Crippen MR) is 23.4 cm³/mol. The number of phosphoric acid groups is 1. The number of hydrogen-bond acceptors (Lipinski definition) is 4. The maximum atomic E-state index is 9.63. The molecule has 0 fully saturated rings. The third-order valence-corrected chi connectivity index (χ3v) is 0.807. The smallest absolute Gasteiger partial charge is 0.756 e. The summed E-state index contributed by atoms with van der Waals surface area (Å²) in [6, 6.07) is 0. The third-order valence-electron chi connectivity index (χ3n) is 0.351. The number of carbonyl (C=O) groups is 1. The van der Waals surface area contributed by atoms with Gasteiger partial charge in [-0.05, 0) is 0 Å². The molecule has 0 aromatic rings. The van der Waals surface area contributed by atoms with E-state index in [0.29, 0.717) is 0 Å². The molecule has 0 aliphatic heterocycles. The first-order valence-corrected chi connectivity index (χ1v) is 3.31. The molecule has 0 aliphatic carbocycles. The van der Waals surface area contributed by atoms with Crippen molar-refractivity contribution in [3.8, 4) is 0 Å². The van der Waals surface area contributed by atoms with Crippen molar-refractivity contribution >= 4 is 13.8 Å². The van der Waals surface area contributed by atoms with Gasteiger partial charge in [0.1, 0.15) is 0 Å². The molecular weight excluding hydrogens is 174 g/mol. The van der Waals surface area contributed by atoms with Crippen molar-refractivity contribution in [2.24, 2.45) is 0 Å². The van der Waals surface area contributed by atoms with Crippen molar-refractivity contribution in [2.45, 2.75) is 0 Å². The molecule has 6 nitrogen and oxygen atoms in total. The van der Waals surface area contributed by atoms with Crippen molar-refractivity contribution in [1.29, 1.82) is 0 Å². The molecule has 0 aliphatic rings. The van der Waals surface area contributed by atoms with Gasteiger partial charge in [0.15, 0.2) is 6.61 Å². The number of hydrogen-bond donors (Lipinski definition) is 2. The number of phosphoric ester groups is 1. The Morgan fingerprint density at radius 3 is 2.20 bits per heavy atom. The van der Waals surface area contributed by atoms with Gasteiger partial charge in [0.25, 0.3) is 7.82 Å². The zero-order chi connectivity index (χ0) is 7.49. The number of aliphatic carboxylic acids is 1. The van der Waals surface area contributed by atoms with Gasteiger partial charge in [-0.25, -0.2) is 4.79 Å². The summed E-state index contributed by atoms with van der Waals surface area (Å²) in [7, 11) is -4.85. The van der Waals surface area contributed by atoms with Gasteiger partial charge in [0, 0.05) is 0 Å². The van der Waals surface area contributed by atoms with E-state index in [1.165, 1.54) is 0 Å². The SMILES string of the molecule is O=C(O)COP(=O)([O-])O.[Na+]. The fourth-order valence-corrected chi connectivity index (χ4v) is 0.410. The first kappa shape index (κ1) is 13.2. The number of carboxylic acids is 1. The average molecular weight is 178 g/mol. The summed E-state index contributed by atoms with van der Waals surface area (Å²) in [4.78, 5) is 27.0. The first-order valence-electron chi connectivity index (χ1n) is 1.82. The Morgan fingerprint density at radius 2 is 2.10 bits per heavy atom. The summed E-state index contributed by atoms with van der Waals surface area (Å²) >= 11 is 0. The van der Waals surface area contributed by atoms with Gasteiger partial charge in [0.2, 0.25) is 0 Å². The van der Waals surface area contributed by atoms with Gasteiger partial charge in [-0.1, -0.05) is 0 Å². The zero-order valence-corrected chi connectivity index (χ0v) is 8.08. The Bertz CT molecular complexity index is 150. The molecule has 54 valence electrons. The van der Waals surface area contributed by atoms with Gasteiger partial charge >= 0.3 is 35.5 Å². The molecule has 8 heteroatoms. The minimum absolute atomic E-state index is 0. The van der Waals surface area contributed by atoms with Crippen LogP contribution in [0.15, 0.2) is 0 Å². The summed E-state index contributed by atoms with van der Waals surface area (Å²) in [5, 5.41) is 7.78. The van der Waals surface area contributed by atoms with E-state index in [1.807, 2.05) is 0 Å². The second kappa shape index (κ2) is 5.26. The van der Waals surface area contributed by atoms with Crippen LogP contribution in [0.2, 0.25) is 0 Å². The molecule has 0 saturated carbocycles. The summed E-state index contributed by atoms with van der Waals surface area (Å²) < 4.78 is 13.1. The second-order valence-electron chi connectivity index (χ2n) is 1.14. The summed E-state index contributed by atoms with van der Waals surface area (Å²) in [5.41, 5.74) is 0. The van der Waals surface area contributed by atoms with Crippen molar-refractivity contribution in [1.82, 2.24) is 0 Å². The maximum absolute atomic E-state index is 9.63. The molecular formula is C2H4NaO6P. The third kappa shape index (κ3) is 11.4. The maximum Gasteiger partial charge on any atom is 1.00 e. The van der Waals surface area contributed by atoms with Gasteiger partial charge in [0.05, 0.1) is 0 Å². The van der Waals surface area contributed by atoms with Crippen LogP contribution in [0.5, 0.6) is 0 Å². The topological polar surface area (TPSA) is 107 Å². The molecule has 0 saturated heterocycles. The minimum atomic E-state index is -4.85. The van der Waals surface area contributed by atoms with Crippen molar-refractivity contribution in [3.63, 3.8) is 0 Å². The van der Waals surface area contributed by atoms with Crippen LogP contribution in [-0.4, -0.2) is 22.6 Å². The summed E-state index contributed by atoms with van der Waals surface area (Å²) in [6.45, 7) is -1.04. The molecule has 0 radical (unpaired) electrons. The molecule has 0 amide bonds. The molecule has 0 aromatic carbocycles. The largest absolute Gasteiger partial charge is 1.00 e. The molecule has 0 aromatic heterocycles. The Balaban J connectivity index is 0. The monoisotopic (exact) mass is 178 g/mol. The summed E-state index contributed by atoms with van der Waals surface area (Å²) in [6.07, 6.45) is 0. The van der Waals surface area contributed by atoms with E-state index in [1.54, 1.807) is 0 Å². The van der Waals surface area contributed by atoms with Gasteiger partial charge < -0.3 is 19.4 Å². The Morgan fingerprint density at radius 1 is 1.70 bits per heavy atom. The van der Waals surface area contributed by atoms with Gasteiger partial charge in [-0.3, -0.25) is 4.57 Å². The van der Waals surface area contributed by atoms with E-state index in [0.717, 1.165) is 0 Å². The fraction of sp³-hybridized carbons (Fsp3) is 0.500. The van der Waals surface area contributed by atoms with Crippen molar-refractivity contribution in [2.75, 3.05) is 6.61 Å². The molecule has 10 heavy (non-hydrogen) atoms. The van der Waals surface area contributed by atoms with Crippen LogP contribution < -0.4 is 34.5 Å². The fourth-order valence-electron chi connectivity index (χ4n) is 0.137. The molecule has 1 atom stereocenters. The Kier molecular flexibility index (Phi) is 6.94. The van der Waals surface area contributed by atoms with Crippen LogP contribution in [0.3, 0.4) is 0 Å². The van der Waals surface area contributed by atoms with Gasteiger partial charge in [-0.15, -0.1) is 0 Å². The van der Waals surface area contributed by atoms with Crippen LogP contribution in [0, 0.1) is 0 Å². The standard InChI is InChI=1S/C2H5O6P.Na/c3-2(4)1-8-9(5,6)7;/h1H2,(H,3,4)(H2,5,6,7);/q;+1/p-1. The second-order valence-corrected chi connectivity index (χ2v) is 2.33. The zero-order valence-electron chi connectivity index (χ0n) is 5.18. The molecule has 1 unspecified atom stereocenters. The van der Waals surface area contributed by atoms with Crippen LogP contribution in [0.25, 0.3) is 0 Å². The van der Waals surface area contributed by atoms with Crippen LogP contribution in [0.4, 0.5) is 0 Å². The first-order chi connectivity index (χ1) is 3.92. The summed E-state index contributed by atoms with van der Waals surface area (Å²) in [5.74, 6) is -1.46. The van der Waals surface area contributed by atoms with Gasteiger partial charge in [-0.2, -0.15) is 0 Å². The average Bonchev–Trinajstić information content (AvgIpc) is 1.59. The molecule has 0 spiro atoms. The van der Waals surface area contributed by atoms with E-state index >= 15 is 0 Å². The minimum Gasteiger partial charge on any atom is -0.756 e. The van der Waals surface area contributed by atoms with Crippen LogP contribution in [0.1, 0.15) is 0 Å². The van der Waals surface area contributed by atoms with E-state index < -0.39 is 20.4 Å².